The summed E-state index contributed by atoms with van der Waals surface area (Å²) in [5, 5.41) is 2.75. The van der Waals surface area contributed by atoms with E-state index in [1.165, 1.54) is 36.0 Å². The minimum absolute atomic E-state index is 0.00870. The molecule has 2 unspecified atom stereocenters. The van der Waals surface area contributed by atoms with E-state index in [2.05, 4.69) is 11.4 Å². The molecule has 0 radical (unpaired) electrons. The number of aryl methyl sites for hydroxylation is 2. The molecule has 2 heterocycles. The van der Waals surface area contributed by atoms with Crippen molar-refractivity contribution in [1.82, 2.24) is 4.90 Å². The number of hydrogen-bond acceptors (Lipinski definition) is 5. The zero-order valence-electron chi connectivity index (χ0n) is 18.1. The second-order valence-electron chi connectivity index (χ2n) is 8.19. The number of rotatable bonds is 6. The molecule has 2 saturated heterocycles. The second kappa shape index (κ2) is 9.83. The Morgan fingerprint density at radius 3 is 2.59 bits per heavy atom. The molecule has 0 aliphatic carbocycles. The predicted octanol–water partition coefficient (Wildman–Crippen LogP) is 4.58. The monoisotopic (exact) mass is 455 g/mol. The Morgan fingerprint density at radius 2 is 1.94 bits per heavy atom. The topological polar surface area (TPSA) is 71.0 Å². The van der Waals surface area contributed by atoms with E-state index in [0.717, 1.165) is 29.7 Å². The Morgan fingerprint density at radius 1 is 1.22 bits per heavy atom. The number of hydrogen-bond donors (Lipinski definition) is 1. The number of ether oxygens (including phenoxy) is 1. The zero-order valence-corrected chi connectivity index (χ0v) is 19.0. The largest absolute Gasteiger partial charge is 0.376 e. The smallest absolute Gasteiger partial charge is 0.242 e. The molecule has 2 atom stereocenters. The molecule has 0 spiro atoms. The Bertz CT molecular complexity index is 1020. The highest BCUT2D eigenvalue weighted by molar-refractivity contribution is 8.15. The number of aliphatic imine (C=N–C) groups is 1. The van der Waals surface area contributed by atoms with Gasteiger partial charge in [-0.25, -0.2) is 9.38 Å². The van der Waals surface area contributed by atoms with Gasteiger partial charge in [0.2, 0.25) is 11.8 Å². The molecule has 1 N–H and O–H groups in total. The first kappa shape index (κ1) is 22.5. The summed E-state index contributed by atoms with van der Waals surface area (Å²) in [6, 6.07) is 11.6. The number of anilines is 1. The van der Waals surface area contributed by atoms with Gasteiger partial charge in [0, 0.05) is 18.7 Å². The molecule has 2 aliphatic heterocycles. The first-order valence-corrected chi connectivity index (χ1v) is 11.6. The molecular weight excluding hydrogens is 429 g/mol. The number of amides is 2. The number of thioether (sulfide) groups is 1. The van der Waals surface area contributed by atoms with Crippen molar-refractivity contribution >= 4 is 40.1 Å². The number of halogens is 1. The quantitative estimate of drug-likeness (QED) is 0.692. The fourth-order valence-electron chi connectivity index (χ4n) is 3.92. The molecule has 0 bridgehead atoms. The number of carbonyl (C=O) groups excluding carboxylic acids is 2. The van der Waals surface area contributed by atoms with Crippen LogP contribution in [-0.4, -0.2) is 46.4 Å². The average molecular weight is 456 g/mol. The summed E-state index contributed by atoms with van der Waals surface area (Å²) in [6.45, 7) is 5.16. The molecule has 4 rings (SSSR count). The van der Waals surface area contributed by atoms with Gasteiger partial charge in [-0.2, -0.15) is 0 Å². The van der Waals surface area contributed by atoms with Gasteiger partial charge in [0.25, 0.3) is 0 Å². The molecule has 2 fully saturated rings. The van der Waals surface area contributed by atoms with Gasteiger partial charge in [0.1, 0.15) is 11.1 Å². The van der Waals surface area contributed by atoms with E-state index in [1.54, 1.807) is 4.90 Å². The summed E-state index contributed by atoms with van der Waals surface area (Å²) in [7, 11) is 0. The van der Waals surface area contributed by atoms with Gasteiger partial charge in [-0.15, -0.1) is 0 Å². The highest BCUT2D eigenvalue weighted by atomic mass is 32.2. The van der Waals surface area contributed by atoms with Gasteiger partial charge >= 0.3 is 0 Å². The van der Waals surface area contributed by atoms with Gasteiger partial charge in [-0.3, -0.25) is 14.5 Å². The number of benzene rings is 2. The normalized spacial score (nSPS) is 22.0. The Balaban J connectivity index is 1.51. The van der Waals surface area contributed by atoms with Crippen LogP contribution < -0.4 is 5.32 Å². The lowest BCUT2D eigenvalue weighted by Crippen LogP contribution is -2.38. The number of carbonyl (C=O) groups is 2. The van der Waals surface area contributed by atoms with Gasteiger partial charge < -0.3 is 10.1 Å². The minimum atomic E-state index is -0.568. The first-order chi connectivity index (χ1) is 15.4. The second-order valence-corrected chi connectivity index (χ2v) is 9.36. The fourth-order valence-corrected chi connectivity index (χ4v) is 5.09. The van der Waals surface area contributed by atoms with Crippen molar-refractivity contribution in [1.29, 1.82) is 0 Å². The molecule has 2 amide bonds. The Hall–Kier alpha value is -2.71. The zero-order chi connectivity index (χ0) is 22.7. The van der Waals surface area contributed by atoms with E-state index in [-0.39, 0.29) is 30.2 Å². The fraction of sp³-hybridized carbons (Fsp3) is 0.375. The Labute approximate surface area is 191 Å². The highest BCUT2D eigenvalue weighted by Gasteiger charge is 2.40. The standard InChI is InChI=1S/C24H26FN3O3S/c1-15-10-16(2)12-19(11-15)27-24-28(14-20-4-3-9-31-20)23(30)21(32-24)13-22(29)26-18-7-5-17(25)6-8-18/h5-8,10-12,20-21H,3-4,9,13-14H2,1-2H3,(H,26,29). The molecule has 2 aliphatic rings. The van der Waals surface area contributed by atoms with Crippen LogP contribution in [0.1, 0.15) is 30.4 Å². The van der Waals surface area contributed by atoms with Crippen LogP contribution in [0.3, 0.4) is 0 Å². The van der Waals surface area contributed by atoms with Gasteiger partial charge in [-0.05, 0) is 74.2 Å². The molecule has 2 aromatic carbocycles. The van der Waals surface area contributed by atoms with E-state index in [9.17, 15) is 14.0 Å². The van der Waals surface area contributed by atoms with E-state index in [4.69, 9.17) is 9.73 Å². The van der Waals surface area contributed by atoms with Crippen LogP contribution in [0.5, 0.6) is 0 Å². The molecule has 168 valence electrons. The molecule has 0 saturated carbocycles. The van der Waals surface area contributed by atoms with Crippen molar-refractivity contribution in [2.45, 2.75) is 44.5 Å². The Kier molecular flexibility index (Phi) is 6.91. The van der Waals surface area contributed by atoms with Crippen LogP contribution in [0.4, 0.5) is 15.8 Å². The summed E-state index contributed by atoms with van der Waals surface area (Å²) < 4.78 is 18.8. The average Bonchev–Trinajstić information content (AvgIpc) is 3.33. The van der Waals surface area contributed by atoms with Crippen LogP contribution in [0.25, 0.3) is 0 Å². The summed E-state index contributed by atoms with van der Waals surface area (Å²) in [6.07, 6.45) is 1.87. The molecule has 2 aromatic rings. The first-order valence-electron chi connectivity index (χ1n) is 10.7. The van der Waals surface area contributed by atoms with Gasteiger partial charge in [0.15, 0.2) is 5.17 Å². The van der Waals surface area contributed by atoms with Crippen molar-refractivity contribution < 1.29 is 18.7 Å². The minimum Gasteiger partial charge on any atom is -0.376 e. The number of amidine groups is 1. The van der Waals surface area contributed by atoms with Crippen molar-refractivity contribution in [2.24, 2.45) is 4.99 Å². The predicted molar refractivity (Wildman–Crippen MR) is 125 cm³/mol. The van der Waals surface area contributed by atoms with Crippen molar-refractivity contribution in [3.63, 3.8) is 0 Å². The molecule has 6 nitrogen and oxygen atoms in total. The van der Waals surface area contributed by atoms with Crippen molar-refractivity contribution in [3.05, 3.63) is 59.4 Å². The molecule has 32 heavy (non-hydrogen) atoms. The number of nitrogens with one attached hydrogen (secondary N) is 1. The van der Waals surface area contributed by atoms with Gasteiger partial charge in [0.05, 0.1) is 18.3 Å². The third-order valence-electron chi connectivity index (χ3n) is 5.36. The molecule has 0 aromatic heterocycles. The third kappa shape index (κ3) is 5.55. The molecule has 8 heteroatoms. The summed E-state index contributed by atoms with van der Waals surface area (Å²) in [4.78, 5) is 32.2. The maximum absolute atomic E-state index is 13.2. The maximum atomic E-state index is 13.2. The maximum Gasteiger partial charge on any atom is 0.242 e. The summed E-state index contributed by atoms with van der Waals surface area (Å²) in [5.74, 6) is -0.809. The van der Waals surface area contributed by atoms with Crippen LogP contribution >= 0.6 is 11.8 Å². The summed E-state index contributed by atoms with van der Waals surface area (Å²) >= 11 is 1.31. The van der Waals surface area contributed by atoms with E-state index in [1.807, 2.05) is 26.0 Å². The van der Waals surface area contributed by atoms with Crippen LogP contribution in [0.15, 0.2) is 47.5 Å². The van der Waals surface area contributed by atoms with E-state index in [0.29, 0.717) is 24.0 Å². The lowest BCUT2D eigenvalue weighted by Gasteiger charge is -2.20. The van der Waals surface area contributed by atoms with Crippen molar-refractivity contribution in [3.8, 4) is 0 Å². The third-order valence-corrected chi connectivity index (χ3v) is 6.54. The van der Waals surface area contributed by atoms with Crippen LogP contribution in [0, 0.1) is 19.7 Å². The van der Waals surface area contributed by atoms with Crippen molar-refractivity contribution in [2.75, 3.05) is 18.5 Å². The van der Waals surface area contributed by atoms with E-state index >= 15 is 0 Å². The number of nitrogens with zero attached hydrogens (tertiary/aromatic N) is 2. The lowest BCUT2D eigenvalue weighted by atomic mass is 10.1. The van der Waals surface area contributed by atoms with Crippen LogP contribution in [0.2, 0.25) is 0 Å². The highest BCUT2D eigenvalue weighted by Crippen LogP contribution is 2.33. The molecular formula is C24H26FN3O3S. The summed E-state index contributed by atoms with van der Waals surface area (Å²) in [5.41, 5.74) is 3.47. The van der Waals surface area contributed by atoms with E-state index < -0.39 is 5.25 Å². The lowest BCUT2D eigenvalue weighted by molar-refractivity contribution is -0.129. The van der Waals surface area contributed by atoms with Crippen LogP contribution in [-0.2, 0) is 14.3 Å². The van der Waals surface area contributed by atoms with Gasteiger partial charge in [-0.1, -0.05) is 17.8 Å². The SMILES string of the molecule is Cc1cc(C)cc(N=C2SC(CC(=O)Nc3ccc(F)cc3)C(=O)N2CC2CCCO2)c1.